The third kappa shape index (κ3) is 2.43. The maximum Gasteiger partial charge on any atom is 0.309 e. The Hall–Kier alpha value is -1.31. The molecule has 0 unspecified atom stereocenters. The second kappa shape index (κ2) is 4.28. The highest BCUT2D eigenvalue weighted by Gasteiger charge is 2.43. The highest BCUT2D eigenvalue weighted by Crippen LogP contribution is 2.41. The van der Waals surface area contributed by atoms with Crippen LogP contribution >= 0.6 is 0 Å². The predicted octanol–water partition coefficient (Wildman–Crippen LogP) is 3.37. The molecule has 0 aliphatic rings. The Kier molecular flexibility index (Phi) is 3.41. The Balaban J connectivity index is 2.92. The van der Waals surface area contributed by atoms with Gasteiger partial charge in [0.1, 0.15) is 0 Å². The van der Waals surface area contributed by atoms with Gasteiger partial charge in [-0.05, 0) is 31.2 Å². The second-order valence-corrected chi connectivity index (χ2v) is 5.48. The van der Waals surface area contributed by atoms with Gasteiger partial charge in [-0.25, -0.2) is 0 Å². The first-order valence-electron chi connectivity index (χ1n) is 5.55. The monoisotopic (exact) mass is 220 g/mol. The van der Waals surface area contributed by atoms with Gasteiger partial charge in [0, 0.05) is 0 Å². The molecule has 2 heteroatoms. The van der Waals surface area contributed by atoms with E-state index < -0.39 is 11.4 Å². The molecule has 0 bridgehead atoms. The fourth-order valence-corrected chi connectivity index (χ4v) is 1.62. The number of hydrogen-bond acceptors (Lipinski definition) is 1. The molecule has 16 heavy (non-hydrogen) atoms. The summed E-state index contributed by atoms with van der Waals surface area (Å²) < 4.78 is 0. The van der Waals surface area contributed by atoms with Crippen molar-refractivity contribution in [3.63, 3.8) is 0 Å². The summed E-state index contributed by atoms with van der Waals surface area (Å²) in [4.78, 5) is 11.3. The minimum absolute atomic E-state index is 0.278. The molecule has 0 aromatic heterocycles. The standard InChI is InChI=1S/C14H20O2/c1-13(2,14(3,4)12(15)16)10-11-8-6-5-7-9-11/h5-9H,10H2,1-4H3,(H,15,16). The van der Waals surface area contributed by atoms with Gasteiger partial charge in [-0.3, -0.25) is 4.79 Å². The fraction of sp³-hybridized carbons (Fsp3) is 0.500. The predicted molar refractivity (Wildman–Crippen MR) is 65.3 cm³/mol. The Morgan fingerprint density at radius 1 is 1.12 bits per heavy atom. The van der Waals surface area contributed by atoms with Crippen molar-refractivity contribution in [3.05, 3.63) is 35.9 Å². The SMILES string of the molecule is CC(C)(Cc1ccccc1)C(C)(C)C(=O)O. The average molecular weight is 220 g/mol. The molecule has 88 valence electrons. The van der Waals surface area contributed by atoms with Crippen LogP contribution in [0.15, 0.2) is 30.3 Å². The molecule has 1 aromatic carbocycles. The van der Waals surface area contributed by atoms with Gasteiger partial charge in [-0.15, -0.1) is 0 Å². The van der Waals surface area contributed by atoms with Crippen LogP contribution in [0.3, 0.4) is 0 Å². The van der Waals surface area contributed by atoms with Crippen molar-refractivity contribution in [1.82, 2.24) is 0 Å². The van der Waals surface area contributed by atoms with Crippen molar-refractivity contribution in [2.45, 2.75) is 34.1 Å². The van der Waals surface area contributed by atoms with Gasteiger partial charge in [0.25, 0.3) is 0 Å². The summed E-state index contributed by atoms with van der Waals surface area (Å²) in [5, 5.41) is 9.25. The molecule has 1 rings (SSSR count). The van der Waals surface area contributed by atoms with Gasteiger partial charge in [0.05, 0.1) is 5.41 Å². The number of carboxylic acids is 1. The van der Waals surface area contributed by atoms with Crippen LogP contribution in [0.2, 0.25) is 0 Å². The van der Waals surface area contributed by atoms with E-state index in [9.17, 15) is 9.90 Å². The topological polar surface area (TPSA) is 37.3 Å². The summed E-state index contributed by atoms with van der Waals surface area (Å²) in [6, 6.07) is 10.0. The largest absolute Gasteiger partial charge is 0.481 e. The van der Waals surface area contributed by atoms with Crippen LogP contribution < -0.4 is 0 Å². The summed E-state index contributed by atoms with van der Waals surface area (Å²) in [5.74, 6) is -0.742. The zero-order chi connectivity index (χ0) is 12.4. The minimum atomic E-state index is -0.742. The summed E-state index contributed by atoms with van der Waals surface area (Å²) >= 11 is 0. The molecule has 0 amide bonds. The lowest BCUT2D eigenvalue weighted by Crippen LogP contribution is -2.41. The lowest BCUT2D eigenvalue weighted by molar-refractivity contribution is -0.153. The molecule has 1 aromatic rings. The number of aliphatic carboxylic acids is 1. The number of carbonyl (C=O) groups is 1. The van der Waals surface area contributed by atoms with Crippen LogP contribution in [-0.4, -0.2) is 11.1 Å². The quantitative estimate of drug-likeness (QED) is 0.844. The molecule has 0 heterocycles. The molecular weight excluding hydrogens is 200 g/mol. The van der Waals surface area contributed by atoms with E-state index in [2.05, 4.69) is 0 Å². The van der Waals surface area contributed by atoms with Gasteiger partial charge >= 0.3 is 5.97 Å². The van der Waals surface area contributed by atoms with E-state index in [-0.39, 0.29) is 5.41 Å². The lowest BCUT2D eigenvalue weighted by Gasteiger charge is -2.38. The van der Waals surface area contributed by atoms with Crippen LogP contribution in [-0.2, 0) is 11.2 Å². The van der Waals surface area contributed by atoms with Crippen molar-refractivity contribution in [2.24, 2.45) is 10.8 Å². The summed E-state index contributed by atoms with van der Waals surface area (Å²) in [6.45, 7) is 7.60. The number of hydrogen-bond donors (Lipinski definition) is 1. The number of rotatable bonds is 4. The smallest absolute Gasteiger partial charge is 0.309 e. The van der Waals surface area contributed by atoms with Crippen molar-refractivity contribution in [2.75, 3.05) is 0 Å². The van der Waals surface area contributed by atoms with E-state index in [4.69, 9.17) is 0 Å². The first-order chi connectivity index (χ1) is 7.27. The molecule has 1 N–H and O–H groups in total. The Morgan fingerprint density at radius 3 is 2.06 bits per heavy atom. The van der Waals surface area contributed by atoms with E-state index in [0.717, 1.165) is 6.42 Å². The van der Waals surface area contributed by atoms with Crippen molar-refractivity contribution in [1.29, 1.82) is 0 Å². The van der Waals surface area contributed by atoms with Crippen LogP contribution in [0, 0.1) is 10.8 Å². The van der Waals surface area contributed by atoms with Gasteiger partial charge in [-0.2, -0.15) is 0 Å². The zero-order valence-electron chi connectivity index (χ0n) is 10.4. The molecule has 0 saturated carbocycles. The Labute approximate surface area is 97.3 Å². The highest BCUT2D eigenvalue weighted by atomic mass is 16.4. The van der Waals surface area contributed by atoms with Crippen LogP contribution in [0.25, 0.3) is 0 Å². The molecule has 0 spiro atoms. The molecule has 0 fully saturated rings. The average Bonchev–Trinajstić information content (AvgIpc) is 2.18. The van der Waals surface area contributed by atoms with Gasteiger partial charge in [0.2, 0.25) is 0 Å². The highest BCUT2D eigenvalue weighted by molar-refractivity contribution is 5.74. The van der Waals surface area contributed by atoms with Crippen molar-refractivity contribution >= 4 is 5.97 Å². The normalized spacial score (nSPS) is 12.5. The first-order valence-corrected chi connectivity index (χ1v) is 5.55. The van der Waals surface area contributed by atoms with Gasteiger partial charge in [0.15, 0.2) is 0 Å². The van der Waals surface area contributed by atoms with Gasteiger partial charge < -0.3 is 5.11 Å². The van der Waals surface area contributed by atoms with Gasteiger partial charge in [-0.1, -0.05) is 44.2 Å². The van der Waals surface area contributed by atoms with E-state index in [1.165, 1.54) is 5.56 Å². The second-order valence-electron chi connectivity index (χ2n) is 5.48. The molecule has 0 aliphatic carbocycles. The van der Waals surface area contributed by atoms with Crippen LogP contribution in [0.5, 0.6) is 0 Å². The third-order valence-corrected chi connectivity index (χ3v) is 3.72. The molecule has 0 saturated heterocycles. The zero-order valence-corrected chi connectivity index (χ0v) is 10.4. The maximum atomic E-state index is 11.3. The minimum Gasteiger partial charge on any atom is -0.481 e. The summed E-state index contributed by atoms with van der Waals surface area (Å²) in [6.07, 6.45) is 0.771. The molecule has 2 nitrogen and oxygen atoms in total. The van der Waals surface area contributed by atoms with Crippen molar-refractivity contribution in [3.8, 4) is 0 Å². The molecule has 0 radical (unpaired) electrons. The fourth-order valence-electron chi connectivity index (χ4n) is 1.62. The maximum absolute atomic E-state index is 11.3. The Bertz CT molecular complexity index is 364. The lowest BCUT2D eigenvalue weighted by atomic mass is 9.65. The van der Waals surface area contributed by atoms with E-state index in [1.807, 2.05) is 44.2 Å². The molecule has 0 atom stereocenters. The van der Waals surface area contributed by atoms with E-state index in [0.29, 0.717) is 0 Å². The molecular formula is C14H20O2. The van der Waals surface area contributed by atoms with Crippen LogP contribution in [0.4, 0.5) is 0 Å². The summed E-state index contributed by atoms with van der Waals surface area (Å²) in [5.41, 5.74) is 0.171. The third-order valence-electron chi connectivity index (χ3n) is 3.72. The number of carboxylic acid groups (broad SMARTS) is 1. The summed E-state index contributed by atoms with van der Waals surface area (Å²) in [7, 11) is 0. The van der Waals surface area contributed by atoms with E-state index >= 15 is 0 Å². The number of benzene rings is 1. The first kappa shape index (κ1) is 12.8. The van der Waals surface area contributed by atoms with E-state index in [1.54, 1.807) is 13.8 Å². The Morgan fingerprint density at radius 2 is 1.62 bits per heavy atom. The van der Waals surface area contributed by atoms with Crippen molar-refractivity contribution < 1.29 is 9.90 Å². The molecule has 0 aliphatic heterocycles. The van der Waals surface area contributed by atoms with Crippen LogP contribution in [0.1, 0.15) is 33.3 Å².